The van der Waals surface area contributed by atoms with Crippen LogP contribution in [0.25, 0.3) is 0 Å². The van der Waals surface area contributed by atoms with Gasteiger partial charge in [0.05, 0.1) is 45.2 Å². The number of carbonyl (C=O) groups is 1. The molecule has 0 spiro atoms. The Bertz CT molecular complexity index is 1080. The third-order valence-corrected chi connectivity index (χ3v) is 5.89. The zero-order valence-electron chi connectivity index (χ0n) is 15.5. The van der Waals surface area contributed by atoms with E-state index in [1.54, 1.807) is 23.0 Å². The number of aryl methyl sites for hydroxylation is 1. The van der Waals surface area contributed by atoms with Crippen LogP contribution < -0.4 is 5.32 Å². The summed E-state index contributed by atoms with van der Waals surface area (Å²) >= 11 is 14.8. The Morgan fingerprint density at radius 3 is 2.63 bits per heavy atom. The van der Waals surface area contributed by atoms with E-state index >= 15 is 0 Å². The van der Waals surface area contributed by atoms with Crippen LogP contribution in [-0.4, -0.2) is 25.5 Å². The first kappa shape index (κ1) is 22.6. The van der Waals surface area contributed by atoms with Gasteiger partial charge in [0.2, 0.25) is 5.91 Å². The van der Waals surface area contributed by atoms with E-state index in [2.05, 4.69) is 31.4 Å². The van der Waals surface area contributed by atoms with E-state index < -0.39 is 11.9 Å². The Hall–Kier alpha value is -2.04. The second kappa shape index (κ2) is 8.99. The average Bonchev–Trinajstić information content (AvgIpc) is 3.21. The second-order valence-corrected chi connectivity index (χ2v) is 8.05. The fraction of sp³-hybridized carbons (Fsp3) is 0.278. The Morgan fingerprint density at radius 2 is 2.00 bits per heavy atom. The Balaban J connectivity index is 1.58. The molecular formula is C18H15BrCl2F3N5O. The number of halogens is 6. The molecule has 0 unspecified atom stereocenters. The van der Waals surface area contributed by atoms with Gasteiger partial charge in [-0.15, -0.1) is 0 Å². The van der Waals surface area contributed by atoms with Crippen molar-refractivity contribution in [2.75, 3.05) is 5.32 Å². The fourth-order valence-electron chi connectivity index (χ4n) is 2.69. The van der Waals surface area contributed by atoms with E-state index in [0.717, 1.165) is 10.2 Å². The summed E-state index contributed by atoms with van der Waals surface area (Å²) in [5.74, 6) is -0.372. The molecule has 0 radical (unpaired) electrons. The number of alkyl halides is 3. The predicted molar refractivity (Wildman–Crippen MR) is 111 cm³/mol. The highest BCUT2D eigenvalue weighted by Crippen LogP contribution is 2.35. The lowest BCUT2D eigenvalue weighted by Gasteiger charge is -2.05. The summed E-state index contributed by atoms with van der Waals surface area (Å²) in [6.45, 7) is 1.93. The number of anilines is 1. The van der Waals surface area contributed by atoms with Crippen LogP contribution in [0.5, 0.6) is 0 Å². The molecule has 12 heteroatoms. The van der Waals surface area contributed by atoms with Crippen molar-refractivity contribution >= 4 is 50.7 Å². The van der Waals surface area contributed by atoms with Gasteiger partial charge in [-0.2, -0.15) is 23.4 Å². The summed E-state index contributed by atoms with van der Waals surface area (Å²) < 4.78 is 41.4. The number of rotatable bonds is 6. The van der Waals surface area contributed by atoms with Gasteiger partial charge in [0.15, 0.2) is 5.69 Å². The molecule has 0 atom stereocenters. The molecule has 1 aromatic carbocycles. The molecule has 1 amide bonds. The van der Waals surface area contributed by atoms with E-state index in [4.69, 9.17) is 23.2 Å². The number of carbonyl (C=O) groups excluding carboxylic acids is 1. The zero-order valence-corrected chi connectivity index (χ0v) is 18.6. The molecule has 6 nitrogen and oxygen atoms in total. The molecular weight excluding hydrogens is 510 g/mol. The Morgan fingerprint density at radius 1 is 1.27 bits per heavy atom. The molecule has 3 rings (SSSR count). The number of amides is 1. The van der Waals surface area contributed by atoms with Gasteiger partial charge < -0.3 is 5.32 Å². The van der Waals surface area contributed by atoms with Crippen LogP contribution >= 0.6 is 39.1 Å². The SMILES string of the molecule is Cc1c(Br)c(C(F)(F)F)nn1CCC(=O)Nc1cnn(Cc2ccc(Cl)c(Cl)c2)c1. The quantitative estimate of drug-likeness (QED) is 0.459. The van der Waals surface area contributed by atoms with E-state index in [-0.39, 0.29) is 23.3 Å². The van der Waals surface area contributed by atoms with Crippen LogP contribution in [0.15, 0.2) is 35.1 Å². The summed E-state index contributed by atoms with van der Waals surface area (Å²) in [7, 11) is 0. The van der Waals surface area contributed by atoms with Crippen LogP contribution in [0, 0.1) is 6.92 Å². The Labute approximate surface area is 188 Å². The fourth-order valence-corrected chi connectivity index (χ4v) is 3.52. The van der Waals surface area contributed by atoms with Crippen molar-refractivity contribution < 1.29 is 18.0 Å². The number of aromatic nitrogens is 4. The van der Waals surface area contributed by atoms with Crippen molar-refractivity contribution in [2.24, 2.45) is 0 Å². The molecule has 160 valence electrons. The van der Waals surface area contributed by atoms with Gasteiger partial charge in [0, 0.05) is 12.6 Å². The number of hydrogen-bond acceptors (Lipinski definition) is 3. The van der Waals surface area contributed by atoms with E-state index in [1.807, 2.05) is 6.07 Å². The lowest BCUT2D eigenvalue weighted by Crippen LogP contribution is -2.16. The molecule has 1 N–H and O–H groups in total. The maximum absolute atomic E-state index is 12.9. The molecule has 0 aliphatic rings. The average molecular weight is 525 g/mol. The lowest BCUT2D eigenvalue weighted by molar-refractivity contribution is -0.142. The molecule has 0 aliphatic carbocycles. The topological polar surface area (TPSA) is 64.7 Å². The summed E-state index contributed by atoms with van der Waals surface area (Å²) in [4.78, 5) is 12.2. The highest BCUT2D eigenvalue weighted by molar-refractivity contribution is 9.10. The van der Waals surface area contributed by atoms with Gasteiger partial charge in [-0.1, -0.05) is 29.3 Å². The molecule has 2 aromatic heterocycles. The van der Waals surface area contributed by atoms with Gasteiger partial charge in [0.1, 0.15) is 0 Å². The number of benzene rings is 1. The normalized spacial score (nSPS) is 11.7. The molecule has 0 saturated heterocycles. The maximum Gasteiger partial charge on any atom is 0.436 e. The molecule has 0 saturated carbocycles. The number of hydrogen-bond donors (Lipinski definition) is 1. The van der Waals surface area contributed by atoms with Crippen molar-refractivity contribution in [1.82, 2.24) is 19.6 Å². The first-order chi connectivity index (χ1) is 14.0. The summed E-state index contributed by atoms with van der Waals surface area (Å²) in [6, 6.07) is 5.22. The summed E-state index contributed by atoms with van der Waals surface area (Å²) in [6.07, 6.45) is -1.50. The van der Waals surface area contributed by atoms with Crippen LogP contribution in [0.4, 0.5) is 18.9 Å². The van der Waals surface area contributed by atoms with Crippen LogP contribution in [-0.2, 0) is 24.1 Å². The van der Waals surface area contributed by atoms with Gasteiger partial charge in [-0.25, -0.2) is 0 Å². The van der Waals surface area contributed by atoms with E-state index in [0.29, 0.717) is 28.0 Å². The molecule has 2 heterocycles. The Kier molecular flexibility index (Phi) is 6.78. The smallest absolute Gasteiger partial charge is 0.323 e. The number of nitrogens with zero attached hydrogens (tertiary/aromatic N) is 4. The number of nitrogens with one attached hydrogen (secondary N) is 1. The minimum Gasteiger partial charge on any atom is -0.323 e. The van der Waals surface area contributed by atoms with Crippen molar-refractivity contribution in [2.45, 2.75) is 32.6 Å². The first-order valence-corrected chi connectivity index (χ1v) is 10.2. The van der Waals surface area contributed by atoms with Crippen molar-refractivity contribution in [3.05, 3.63) is 62.1 Å². The molecule has 0 bridgehead atoms. The first-order valence-electron chi connectivity index (χ1n) is 8.61. The van der Waals surface area contributed by atoms with Crippen LogP contribution in [0.2, 0.25) is 10.0 Å². The monoisotopic (exact) mass is 523 g/mol. The van der Waals surface area contributed by atoms with E-state index in [1.165, 1.54) is 13.1 Å². The van der Waals surface area contributed by atoms with Crippen molar-refractivity contribution in [3.63, 3.8) is 0 Å². The maximum atomic E-state index is 12.9. The highest BCUT2D eigenvalue weighted by Gasteiger charge is 2.37. The van der Waals surface area contributed by atoms with Crippen LogP contribution in [0.3, 0.4) is 0 Å². The third kappa shape index (κ3) is 5.35. The van der Waals surface area contributed by atoms with Gasteiger partial charge in [0.25, 0.3) is 0 Å². The predicted octanol–water partition coefficient (Wildman–Crippen LogP) is 5.55. The van der Waals surface area contributed by atoms with Gasteiger partial charge >= 0.3 is 6.18 Å². The third-order valence-electron chi connectivity index (χ3n) is 4.20. The van der Waals surface area contributed by atoms with E-state index in [9.17, 15) is 18.0 Å². The second-order valence-electron chi connectivity index (χ2n) is 6.44. The van der Waals surface area contributed by atoms with Gasteiger partial charge in [-0.3, -0.25) is 14.2 Å². The molecule has 0 aliphatic heterocycles. The molecule has 30 heavy (non-hydrogen) atoms. The van der Waals surface area contributed by atoms with Gasteiger partial charge in [-0.05, 0) is 40.5 Å². The van der Waals surface area contributed by atoms with Crippen LogP contribution in [0.1, 0.15) is 23.4 Å². The van der Waals surface area contributed by atoms with Crippen molar-refractivity contribution in [3.8, 4) is 0 Å². The lowest BCUT2D eigenvalue weighted by atomic mass is 10.2. The minimum atomic E-state index is -4.57. The summed E-state index contributed by atoms with van der Waals surface area (Å²) in [5.41, 5.74) is 0.633. The summed E-state index contributed by atoms with van der Waals surface area (Å²) in [5, 5.41) is 11.3. The zero-order chi connectivity index (χ0) is 22.1. The molecule has 0 fully saturated rings. The molecule has 3 aromatic rings. The standard InChI is InChI=1S/C18H15BrCl2F3N5O/c1-10-16(19)17(18(22,23)24)27-29(10)5-4-15(30)26-12-7-25-28(9-12)8-11-2-3-13(20)14(21)6-11/h2-3,6-7,9H,4-5,8H2,1H3,(H,26,30). The highest BCUT2D eigenvalue weighted by atomic mass is 79.9. The van der Waals surface area contributed by atoms with Crippen molar-refractivity contribution in [1.29, 1.82) is 0 Å². The minimum absolute atomic E-state index is 0.00373. The largest absolute Gasteiger partial charge is 0.436 e.